The SMILES string of the molecule is CCC[C@H]1N(C(=O)c2ncccc2C(F)(F)F)CCC[C@@]1(Oc1csc(C(F)(F)F)c1)C(=O)N1CCc2cc(F)ccc2C1CCC(=O)NCc1nn[nH]n1. The summed E-state index contributed by atoms with van der Waals surface area (Å²) in [6.07, 6.45) is -8.39. The molecule has 1 saturated heterocycles. The van der Waals surface area contributed by atoms with Crippen LogP contribution in [-0.2, 0) is 34.9 Å². The van der Waals surface area contributed by atoms with Gasteiger partial charge in [-0.1, -0.05) is 24.6 Å². The van der Waals surface area contributed by atoms with E-state index in [1.165, 1.54) is 23.1 Å². The number of alkyl halides is 6. The van der Waals surface area contributed by atoms with Gasteiger partial charge >= 0.3 is 12.4 Å². The Balaban J connectivity index is 1.41. The zero-order chi connectivity index (χ0) is 39.5. The lowest BCUT2D eigenvalue weighted by Crippen LogP contribution is -2.68. The van der Waals surface area contributed by atoms with Crippen molar-refractivity contribution in [2.24, 2.45) is 0 Å². The summed E-state index contributed by atoms with van der Waals surface area (Å²) in [5, 5.41) is 17.0. The second-order valence-electron chi connectivity index (χ2n) is 13.2. The van der Waals surface area contributed by atoms with Crippen LogP contribution < -0.4 is 10.1 Å². The highest BCUT2D eigenvalue weighted by Gasteiger charge is 2.57. The summed E-state index contributed by atoms with van der Waals surface area (Å²) in [6, 6.07) is 4.38. The van der Waals surface area contributed by atoms with Gasteiger partial charge in [-0.2, -0.15) is 31.6 Å². The molecule has 1 aromatic carbocycles. The quantitative estimate of drug-likeness (QED) is 0.169. The van der Waals surface area contributed by atoms with Crippen molar-refractivity contribution in [3.8, 4) is 5.75 Å². The van der Waals surface area contributed by atoms with E-state index in [1.54, 1.807) is 6.92 Å². The van der Waals surface area contributed by atoms with Gasteiger partial charge in [0.15, 0.2) is 5.82 Å². The van der Waals surface area contributed by atoms with Crippen LogP contribution in [0.15, 0.2) is 48.0 Å². The van der Waals surface area contributed by atoms with Gasteiger partial charge in [0.1, 0.15) is 22.1 Å². The number of amides is 3. The van der Waals surface area contributed by atoms with Crippen molar-refractivity contribution in [3.63, 3.8) is 0 Å². The average Bonchev–Trinajstić information content (AvgIpc) is 3.85. The zero-order valence-electron chi connectivity index (χ0n) is 29.2. The van der Waals surface area contributed by atoms with Gasteiger partial charge in [0.2, 0.25) is 11.5 Å². The summed E-state index contributed by atoms with van der Waals surface area (Å²) >= 11 is 0.337. The van der Waals surface area contributed by atoms with Crippen molar-refractivity contribution in [2.45, 2.75) is 88.5 Å². The number of hydrogen-bond donors (Lipinski definition) is 2. The highest BCUT2D eigenvalue weighted by molar-refractivity contribution is 7.10. The van der Waals surface area contributed by atoms with Crippen LogP contribution in [0.4, 0.5) is 30.7 Å². The van der Waals surface area contributed by atoms with Crippen LogP contribution in [0.5, 0.6) is 5.75 Å². The number of rotatable bonds is 11. The minimum Gasteiger partial charge on any atom is -0.474 e. The number of fused-ring (bicyclic) bond motifs is 1. The molecule has 294 valence electrons. The smallest absolute Gasteiger partial charge is 0.425 e. The van der Waals surface area contributed by atoms with Crippen LogP contribution in [0.1, 0.15) is 89.4 Å². The van der Waals surface area contributed by atoms with Crippen LogP contribution in [0.3, 0.4) is 0 Å². The number of nitrogens with zero attached hydrogens (tertiary/aromatic N) is 6. The Morgan fingerprint density at radius 1 is 1.05 bits per heavy atom. The summed E-state index contributed by atoms with van der Waals surface area (Å²) in [7, 11) is 0. The number of tetrazole rings is 1. The molecule has 12 nitrogen and oxygen atoms in total. The lowest BCUT2D eigenvalue weighted by molar-refractivity contribution is -0.163. The van der Waals surface area contributed by atoms with Crippen LogP contribution >= 0.6 is 11.3 Å². The van der Waals surface area contributed by atoms with E-state index in [0.29, 0.717) is 28.9 Å². The molecule has 3 aromatic heterocycles. The van der Waals surface area contributed by atoms with Gasteiger partial charge in [-0.05, 0) is 61.1 Å². The number of halogens is 7. The summed E-state index contributed by atoms with van der Waals surface area (Å²) in [5.41, 5.74) is -3.19. The third kappa shape index (κ3) is 8.42. The molecule has 2 N–H and O–H groups in total. The highest BCUT2D eigenvalue weighted by Crippen LogP contribution is 2.45. The molecule has 1 unspecified atom stereocenters. The Bertz CT molecular complexity index is 2010. The Labute approximate surface area is 313 Å². The van der Waals surface area contributed by atoms with Crippen LogP contribution in [0.25, 0.3) is 0 Å². The molecule has 2 aliphatic rings. The number of nitrogens with one attached hydrogen (secondary N) is 2. The minimum absolute atomic E-state index is 0.0131. The first-order valence-corrected chi connectivity index (χ1v) is 18.3. The Morgan fingerprint density at radius 3 is 2.55 bits per heavy atom. The number of ether oxygens (including phenoxy) is 1. The predicted octanol–water partition coefficient (Wildman–Crippen LogP) is 6.28. The van der Waals surface area contributed by atoms with Gasteiger partial charge in [0.25, 0.3) is 11.8 Å². The lowest BCUT2D eigenvalue weighted by Gasteiger charge is -2.51. The number of thiophene rings is 1. The van der Waals surface area contributed by atoms with E-state index in [0.717, 1.165) is 34.7 Å². The Morgan fingerprint density at radius 2 is 1.85 bits per heavy atom. The van der Waals surface area contributed by atoms with E-state index in [1.807, 2.05) is 0 Å². The zero-order valence-corrected chi connectivity index (χ0v) is 30.0. The summed E-state index contributed by atoms with van der Waals surface area (Å²) in [6.45, 7) is 1.55. The van der Waals surface area contributed by atoms with Gasteiger partial charge in [0.05, 0.1) is 24.2 Å². The summed E-state index contributed by atoms with van der Waals surface area (Å²) in [5.74, 6) is -2.92. The van der Waals surface area contributed by atoms with E-state index in [9.17, 15) is 40.3 Å². The number of aromatic nitrogens is 5. The second kappa shape index (κ2) is 15.9. The number of pyridine rings is 1. The fourth-order valence-corrected chi connectivity index (χ4v) is 8.02. The van der Waals surface area contributed by atoms with Crippen molar-refractivity contribution >= 4 is 29.1 Å². The van der Waals surface area contributed by atoms with E-state index in [-0.39, 0.29) is 69.7 Å². The molecule has 0 radical (unpaired) electrons. The third-order valence-corrected chi connectivity index (χ3v) is 10.7. The molecule has 6 rings (SSSR count). The first kappa shape index (κ1) is 39.6. The van der Waals surface area contributed by atoms with Crippen molar-refractivity contribution in [1.29, 1.82) is 0 Å². The maximum absolute atomic E-state index is 15.4. The van der Waals surface area contributed by atoms with Crippen molar-refractivity contribution < 1.29 is 49.9 Å². The number of piperidine rings is 1. The standard InChI is InChI=1S/C35H35F7N8O4S/c1-2-5-26-33(54-22-17-27(55-19-22)35(40,41)42,12-4-14-50(26)31(52)30-24(34(37,38)39)6-3-13-43-30)32(53)49-15-11-20-16-21(36)7-8-23(20)25(49)9-10-29(51)44-18-28-45-47-48-46-28/h3,6-8,13,16-17,19,25-26H,2,4-5,9-12,14-15,18H2,1H3,(H,44,51)(H,45,46,47,48)/t25?,26-,33+/m1/s1. The molecule has 2 aliphatic heterocycles. The molecule has 5 heterocycles. The average molecular weight is 797 g/mol. The number of H-pyrrole nitrogens is 1. The number of likely N-dealkylation sites (tertiary alicyclic amines) is 1. The molecule has 55 heavy (non-hydrogen) atoms. The normalized spacial score (nSPS) is 20.2. The Kier molecular flexibility index (Phi) is 11.4. The molecule has 0 spiro atoms. The van der Waals surface area contributed by atoms with E-state index in [2.05, 4.69) is 30.9 Å². The Hall–Kier alpha value is -5.14. The molecule has 0 saturated carbocycles. The molecule has 3 amide bonds. The molecule has 0 aliphatic carbocycles. The third-order valence-electron chi connectivity index (χ3n) is 9.72. The van der Waals surface area contributed by atoms with Crippen molar-refractivity contribution in [2.75, 3.05) is 13.1 Å². The van der Waals surface area contributed by atoms with Crippen molar-refractivity contribution in [1.82, 2.24) is 40.7 Å². The second-order valence-corrected chi connectivity index (χ2v) is 14.1. The first-order chi connectivity index (χ1) is 26.1. The maximum Gasteiger partial charge on any atom is 0.425 e. The number of benzene rings is 1. The van der Waals surface area contributed by atoms with Gasteiger partial charge in [-0.3, -0.25) is 19.4 Å². The lowest BCUT2D eigenvalue weighted by atomic mass is 9.78. The molecule has 0 bridgehead atoms. The van der Waals surface area contributed by atoms with E-state index < -0.39 is 69.7 Å². The monoisotopic (exact) mass is 796 g/mol. The number of carbonyl (C=O) groups is 3. The molecule has 3 atom stereocenters. The largest absolute Gasteiger partial charge is 0.474 e. The van der Waals surface area contributed by atoms with Gasteiger partial charge < -0.3 is 19.9 Å². The number of carbonyl (C=O) groups excluding carboxylic acids is 3. The fraction of sp³-hybridized carbons (Fsp3) is 0.457. The van der Waals surface area contributed by atoms with Crippen LogP contribution in [0.2, 0.25) is 0 Å². The summed E-state index contributed by atoms with van der Waals surface area (Å²) < 4.78 is 105. The minimum atomic E-state index is -4.95. The molecule has 20 heteroatoms. The summed E-state index contributed by atoms with van der Waals surface area (Å²) in [4.78, 5) is 47.8. The molecule has 4 aromatic rings. The van der Waals surface area contributed by atoms with E-state index >= 15 is 4.79 Å². The molecule has 1 fully saturated rings. The van der Waals surface area contributed by atoms with Crippen LogP contribution in [-0.4, -0.2) is 77.9 Å². The highest BCUT2D eigenvalue weighted by atomic mass is 32.1. The molecular formula is C35H35F7N8O4S. The maximum atomic E-state index is 15.4. The topological polar surface area (TPSA) is 146 Å². The first-order valence-electron chi connectivity index (χ1n) is 17.4. The predicted molar refractivity (Wildman–Crippen MR) is 181 cm³/mol. The van der Waals surface area contributed by atoms with E-state index in [4.69, 9.17) is 4.74 Å². The van der Waals surface area contributed by atoms with Crippen LogP contribution in [0, 0.1) is 5.82 Å². The number of aromatic amines is 1. The van der Waals surface area contributed by atoms with Gasteiger partial charge in [0, 0.05) is 43.6 Å². The fourth-order valence-electron chi connectivity index (χ4n) is 7.34. The van der Waals surface area contributed by atoms with Gasteiger partial charge in [-0.15, -0.1) is 21.5 Å². The number of hydrogen-bond acceptors (Lipinski definition) is 9. The van der Waals surface area contributed by atoms with Gasteiger partial charge in [-0.25, -0.2) is 4.39 Å². The van der Waals surface area contributed by atoms with Crippen molar-refractivity contribution in [3.05, 3.63) is 86.9 Å². The molecular weight excluding hydrogens is 761 g/mol.